The van der Waals surface area contributed by atoms with E-state index < -0.39 is 12.2 Å². The Morgan fingerprint density at radius 3 is 2.36 bits per heavy atom. The van der Waals surface area contributed by atoms with Crippen LogP contribution in [0.5, 0.6) is 0 Å². The van der Waals surface area contributed by atoms with Gasteiger partial charge in [0.2, 0.25) is 5.91 Å². The minimum Gasteiger partial charge on any atom is -0.388 e. The number of aliphatic hydroxyl groups is 2. The van der Waals surface area contributed by atoms with Crippen molar-refractivity contribution in [2.45, 2.75) is 32.1 Å². The minimum absolute atomic E-state index is 0.0747. The molecule has 1 aliphatic rings. The SMILES string of the molecule is CC(C)NCC(=O)N1C[C@@H](O)[C@@H](O)C1. The van der Waals surface area contributed by atoms with Crippen LogP contribution in [0.2, 0.25) is 0 Å². The second-order valence-electron chi connectivity index (χ2n) is 3.97. The third-order valence-corrected chi connectivity index (χ3v) is 2.27. The van der Waals surface area contributed by atoms with Crippen molar-refractivity contribution in [2.24, 2.45) is 0 Å². The number of carbonyl (C=O) groups is 1. The molecule has 0 unspecified atom stereocenters. The van der Waals surface area contributed by atoms with Gasteiger partial charge in [0.1, 0.15) is 0 Å². The lowest BCUT2D eigenvalue weighted by Gasteiger charge is -2.16. The molecule has 0 aromatic heterocycles. The number of likely N-dealkylation sites (tertiary alicyclic amines) is 1. The zero-order chi connectivity index (χ0) is 10.7. The first-order chi connectivity index (χ1) is 6.50. The van der Waals surface area contributed by atoms with Crippen LogP contribution in [0.4, 0.5) is 0 Å². The number of hydrogen-bond acceptors (Lipinski definition) is 4. The van der Waals surface area contributed by atoms with E-state index in [0.717, 1.165) is 0 Å². The summed E-state index contributed by atoms with van der Waals surface area (Å²) in [6.45, 7) is 4.65. The molecule has 1 saturated heterocycles. The maximum absolute atomic E-state index is 11.5. The lowest BCUT2D eigenvalue weighted by atomic mass is 10.3. The Morgan fingerprint density at radius 1 is 1.43 bits per heavy atom. The van der Waals surface area contributed by atoms with E-state index in [-0.39, 0.29) is 31.6 Å². The van der Waals surface area contributed by atoms with Crippen LogP contribution in [-0.4, -0.2) is 58.9 Å². The monoisotopic (exact) mass is 202 g/mol. The maximum Gasteiger partial charge on any atom is 0.236 e. The highest BCUT2D eigenvalue weighted by atomic mass is 16.3. The van der Waals surface area contributed by atoms with Gasteiger partial charge in [-0.25, -0.2) is 0 Å². The van der Waals surface area contributed by atoms with Crippen molar-refractivity contribution < 1.29 is 15.0 Å². The number of rotatable bonds is 3. The highest BCUT2D eigenvalue weighted by Gasteiger charge is 2.32. The number of β-amino-alcohol motifs (C(OH)–C–C–N with tert-alkyl or cyclic N) is 2. The van der Waals surface area contributed by atoms with Gasteiger partial charge in [0.05, 0.1) is 18.8 Å². The van der Waals surface area contributed by atoms with Crippen LogP contribution < -0.4 is 5.32 Å². The second kappa shape index (κ2) is 4.72. The van der Waals surface area contributed by atoms with Crippen LogP contribution >= 0.6 is 0 Å². The average molecular weight is 202 g/mol. The summed E-state index contributed by atoms with van der Waals surface area (Å²) in [5.74, 6) is -0.0747. The second-order valence-corrected chi connectivity index (χ2v) is 3.97. The smallest absolute Gasteiger partial charge is 0.236 e. The normalized spacial score (nSPS) is 27.4. The minimum atomic E-state index is -0.794. The Labute approximate surface area is 83.7 Å². The molecular formula is C9H18N2O3. The number of hydrogen-bond donors (Lipinski definition) is 3. The fourth-order valence-electron chi connectivity index (χ4n) is 1.38. The van der Waals surface area contributed by atoms with E-state index in [4.69, 9.17) is 0 Å². The van der Waals surface area contributed by atoms with Crippen molar-refractivity contribution in [1.29, 1.82) is 0 Å². The third kappa shape index (κ3) is 2.94. The van der Waals surface area contributed by atoms with Crippen molar-refractivity contribution in [3.63, 3.8) is 0 Å². The first-order valence-electron chi connectivity index (χ1n) is 4.88. The average Bonchev–Trinajstić information content (AvgIpc) is 2.43. The molecule has 14 heavy (non-hydrogen) atoms. The molecule has 1 aliphatic heterocycles. The van der Waals surface area contributed by atoms with E-state index in [2.05, 4.69) is 5.32 Å². The van der Waals surface area contributed by atoms with Gasteiger partial charge in [-0.05, 0) is 0 Å². The molecular weight excluding hydrogens is 184 g/mol. The van der Waals surface area contributed by atoms with Crippen LogP contribution in [0, 0.1) is 0 Å². The Bertz CT molecular complexity index is 198. The van der Waals surface area contributed by atoms with E-state index in [1.54, 1.807) is 0 Å². The van der Waals surface area contributed by atoms with E-state index in [9.17, 15) is 15.0 Å². The predicted molar refractivity (Wildman–Crippen MR) is 51.7 cm³/mol. The standard InChI is InChI=1S/C9H18N2O3/c1-6(2)10-3-9(14)11-4-7(12)8(13)5-11/h6-8,10,12-13H,3-5H2,1-2H3/t7-,8+. The first kappa shape index (κ1) is 11.4. The van der Waals surface area contributed by atoms with Gasteiger partial charge in [0.25, 0.3) is 0 Å². The van der Waals surface area contributed by atoms with Gasteiger partial charge in [-0.2, -0.15) is 0 Å². The molecule has 1 fully saturated rings. The van der Waals surface area contributed by atoms with Crippen molar-refractivity contribution >= 4 is 5.91 Å². The van der Waals surface area contributed by atoms with E-state index in [1.807, 2.05) is 13.8 Å². The molecule has 3 N–H and O–H groups in total. The van der Waals surface area contributed by atoms with Crippen LogP contribution in [0.25, 0.3) is 0 Å². The Balaban J connectivity index is 2.32. The molecule has 82 valence electrons. The van der Waals surface area contributed by atoms with Crippen LogP contribution in [0.1, 0.15) is 13.8 Å². The van der Waals surface area contributed by atoms with Gasteiger partial charge < -0.3 is 20.4 Å². The van der Waals surface area contributed by atoms with Crippen molar-refractivity contribution in [1.82, 2.24) is 10.2 Å². The highest BCUT2D eigenvalue weighted by Crippen LogP contribution is 2.09. The Hall–Kier alpha value is -0.650. The Morgan fingerprint density at radius 2 is 1.93 bits per heavy atom. The van der Waals surface area contributed by atoms with Crippen LogP contribution in [-0.2, 0) is 4.79 Å². The molecule has 0 radical (unpaired) electrons. The molecule has 0 saturated carbocycles. The highest BCUT2D eigenvalue weighted by molar-refractivity contribution is 5.78. The summed E-state index contributed by atoms with van der Waals surface area (Å²) in [7, 11) is 0. The summed E-state index contributed by atoms with van der Waals surface area (Å²) >= 11 is 0. The number of amides is 1. The van der Waals surface area contributed by atoms with Gasteiger partial charge in [-0.3, -0.25) is 4.79 Å². The van der Waals surface area contributed by atoms with E-state index >= 15 is 0 Å². The number of aliphatic hydroxyl groups excluding tert-OH is 2. The fourth-order valence-corrected chi connectivity index (χ4v) is 1.38. The molecule has 1 amide bonds. The quantitative estimate of drug-likeness (QED) is 0.523. The molecule has 2 atom stereocenters. The number of nitrogens with one attached hydrogen (secondary N) is 1. The molecule has 0 aromatic rings. The lowest BCUT2D eigenvalue weighted by Crippen LogP contribution is -2.39. The third-order valence-electron chi connectivity index (χ3n) is 2.27. The van der Waals surface area contributed by atoms with Crippen molar-refractivity contribution in [2.75, 3.05) is 19.6 Å². The van der Waals surface area contributed by atoms with Crippen molar-refractivity contribution in [3.8, 4) is 0 Å². The van der Waals surface area contributed by atoms with Gasteiger partial charge >= 0.3 is 0 Å². The molecule has 1 heterocycles. The largest absolute Gasteiger partial charge is 0.388 e. The maximum atomic E-state index is 11.5. The molecule has 0 aliphatic carbocycles. The van der Waals surface area contributed by atoms with Gasteiger partial charge in [-0.15, -0.1) is 0 Å². The number of carbonyl (C=O) groups excluding carboxylic acids is 1. The zero-order valence-electron chi connectivity index (χ0n) is 8.60. The molecule has 5 heteroatoms. The van der Waals surface area contributed by atoms with E-state index in [1.165, 1.54) is 4.90 Å². The van der Waals surface area contributed by atoms with Gasteiger partial charge in [-0.1, -0.05) is 13.8 Å². The van der Waals surface area contributed by atoms with Crippen molar-refractivity contribution in [3.05, 3.63) is 0 Å². The summed E-state index contributed by atoms with van der Waals surface area (Å²) in [6.07, 6.45) is -1.59. The Kier molecular flexibility index (Phi) is 3.86. The molecule has 5 nitrogen and oxygen atoms in total. The van der Waals surface area contributed by atoms with Gasteiger partial charge in [0, 0.05) is 19.1 Å². The van der Waals surface area contributed by atoms with Gasteiger partial charge in [0.15, 0.2) is 0 Å². The molecule has 0 spiro atoms. The lowest BCUT2D eigenvalue weighted by molar-refractivity contribution is -0.129. The number of nitrogens with zero attached hydrogens (tertiary/aromatic N) is 1. The summed E-state index contributed by atoms with van der Waals surface area (Å²) in [6, 6.07) is 0.261. The zero-order valence-corrected chi connectivity index (χ0v) is 8.60. The topological polar surface area (TPSA) is 72.8 Å². The summed E-state index contributed by atoms with van der Waals surface area (Å²) in [5.41, 5.74) is 0. The van der Waals surface area contributed by atoms with E-state index in [0.29, 0.717) is 0 Å². The van der Waals surface area contributed by atoms with Crippen LogP contribution in [0.15, 0.2) is 0 Å². The molecule has 0 bridgehead atoms. The fraction of sp³-hybridized carbons (Fsp3) is 0.889. The summed E-state index contributed by atoms with van der Waals surface area (Å²) in [5, 5.41) is 21.5. The summed E-state index contributed by atoms with van der Waals surface area (Å²) in [4.78, 5) is 13.0. The summed E-state index contributed by atoms with van der Waals surface area (Å²) < 4.78 is 0. The first-order valence-corrected chi connectivity index (χ1v) is 4.88. The van der Waals surface area contributed by atoms with Crippen LogP contribution in [0.3, 0.4) is 0 Å². The molecule has 1 rings (SSSR count). The molecule has 0 aromatic carbocycles. The predicted octanol–water partition coefficient (Wildman–Crippen LogP) is -1.45.